The molecule has 0 atom stereocenters. The maximum absolute atomic E-state index is 9.11. The Morgan fingerprint density at radius 1 is 1.25 bits per heavy atom. The van der Waals surface area contributed by atoms with Crippen LogP contribution in [0.15, 0.2) is 12.4 Å². The van der Waals surface area contributed by atoms with E-state index in [4.69, 9.17) is 14.7 Å². The van der Waals surface area contributed by atoms with Gasteiger partial charge in [-0.25, -0.2) is 9.97 Å². The molecular weight excluding hydrogens is 256 g/mol. The third kappa shape index (κ3) is 2.35. The molecule has 0 aromatic carbocycles. The molecule has 6 heteroatoms. The maximum atomic E-state index is 9.11. The lowest BCUT2D eigenvalue weighted by Gasteiger charge is -2.39. The van der Waals surface area contributed by atoms with Crippen LogP contribution in [-0.2, 0) is 9.47 Å². The monoisotopic (exact) mass is 274 g/mol. The summed E-state index contributed by atoms with van der Waals surface area (Å²) in [5.41, 5.74) is 0.378. The Bertz CT molecular complexity index is 512. The first-order valence-corrected chi connectivity index (χ1v) is 6.96. The molecule has 20 heavy (non-hydrogen) atoms. The molecule has 2 heterocycles. The summed E-state index contributed by atoms with van der Waals surface area (Å²) in [4.78, 5) is 10.4. The molecule has 0 unspecified atom stereocenters. The number of nitriles is 1. The van der Waals surface area contributed by atoms with Crippen LogP contribution in [0.3, 0.4) is 0 Å². The fourth-order valence-electron chi connectivity index (χ4n) is 3.06. The fourth-order valence-corrected chi connectivity index (χ4v) is 3.06. The Morgan fingerprint density at radius 3 is 2.55 bits per heavy atom. The zero-order valence-corrected chi connectivity index (χ0v) is 11.6. The molecule has 1 aromatic rings. The average Bonchev–Trinajstić information content (AvgIpc) is 2.95. The lowest BCUT2D eigenvalue weighted by Crippen LogP contribution is -2.43. The molecule has 0 N–H and O–H groups in total. The molecule has 106 valence electrons. The van der Waals surface area contributed by atoms with Crippen LogP contribution in [0.5, 0.6) is 0 Å². The first kappa shape index (κ1) is 13.3. The number of rotatable bonds is 2. The molecule has 1 saturated heterocycles. The van der Waals surface area contributed by atoms with Crippen molar-refractivity contribution in [1.29, 1.82) is 5.26 Å². The maximum Gasteiger partial charge on any atom is 0.183 e. The predicted octanol–water partition coefficient (Wildman–Crippen LogP) is 1.47. The number of hydrogen-bond donors (Lipinski definition) is 0. The van der Waals surface area contributed by atoms with Crippen molar-refractivity contribution in [1.82, 2.24) is 9.97 Å². The lowest BCUT2D eigenvalue weighted by atomic mass is 9.89. The molecule has 0 amide bonds. The number of aromatic nitrogens is 2. The molecule has 1 saturated carbocycles. The minimum absolute atomic E-state index is 0.345. The van der Waals surface area contributed by atoms with E-state index in [-0.39, 0.29) is 5.79 Å². The van der Waals surface area contributed by atoms with Crippen molar-refractivity contribution in [3.8, 4) is 6.07 Å². The molecule has 1 aromatic heterocycles. The second kappa shape index (κ2) is 5.35. The van der Waals surface area contributed by atoms with Gasteiger partial charge < -0.3 is 14.4 Å². The van der Waals surface area contributed by atoms with E-state index in [9.17, 15) is 0 Å². The van der Waals surface area contributed by atoms with E-state index in [2.05, 4.69) is 20.9 Å². The van der Waals surface area contributed by atoms with E-state index in [1.807, 2.05) is 7.05 Å². The van der Waals surface area contributed by atoms with Gasteiger partial charge in [-0.1, -0.05) is 0 Å². The average molecular weight is 274 g/mol. The summed E-state index contributed by atoms with van der Waals surface area (Å²) in [5, 5.41) is 9.11. The van der Waals surface area contributed by atoms with Crippen LogP contribution in [-0.4, -0.2) is 42.1 Å². The second-order valence-corrected chi connectivity index (χ2v) is 5.29. The number of anilines is 1. The Kier molecular flexibility index (Phi) is 3.55. The van der Waals surface area contributed by atoms with Crippen molar-refractivity contribution in [2.45, 2.75) is 37.5 Å². The van der Waals surface area contributed by atoms with Gasteiger partial charge in [0.05, 0.1) is 13.2 Å². The van der Waals surface area contributed by atoms with Gasteiger partial charge in [0.2, 0.25) is 0 Å². The van der Waals surface area contributed by atoms with Crippen LogP contribution in [0.25, 0.3) is 0 Å². The van der Waals surface area contributed by atoms with Gasteiger partial charge in [0, 0.05) is 38.3 Å². The van der Waals surface area contributed by atoms with Crippen molar-refractivity contribution in [3.63, 3.8) is 0 Å². The summed E-state index contributed by atoms with van der Waals surface area (Å²) >= 11 is 0. The highest BCUT2D eigenvalue weighted by atomic mass is 16.7. The Labute approximate surface area is 118 Å². The first-order valence-electron chi connectivity index (χ1n) is 6.96. The summed E-state index contributed by atoms with van der Waals surface area (Å²) in [5.74, 6) is 0.307. The van der Waals surface area contributed by atoms with Gasteiger partial charge in [0.15, 0.2) is 17.3 Å². The van der Waals surface area contributed by atoms with E-state index >= 15 is 0 Å². The van der Waals surface area contributed by atoms with Crippen LogP contribution < -0.4 is 4.90 Å². The third-order valence-electron chi connectivity index (χ3n) is 4.20. The van der Waals surface area contributed by atoms with Gasteiger partial charge in [-0.05, 0) is 12.8 Å². The fraction of sp³-hybridized carbons (Fsp3) is 0.643. The first-order chi connectivity index (χ1) is 9.74. The van der Waals surface area contributed by atoms with Crippen molar-refractivity contribution in [2.24, 2.45) is 0 Å². The van der Waals surface area contributed by atoms with Crippen molar-refractivity contribution >= 4 is 5.82 Å². The van der Waals surface area contributed by atoms with Gasteiger partial charge in [-0.2, -0.15) is 5.26 Å². The molecule has 1 aliphatic carbocycles. The molecule has 1 aliphatic heterocycles. The summed E-state index contributed by atoms with van der Waals surface area (Å²) in [6, 6.07) is 2.44. The van der Waals surface area contributed by atoms with Crippen LogP contribution >= 0.6 is 0 Å². The number of ether oxygens (including phenoxy) is 2. The lowest BCUT2D eigenvalue weighted by molar-refractivity contribution is -0.178. The third-order valence-corrected chi connectivity index (χ3v) is 4.20. The number of nitrogens with zero attached hydrogens (tertiary/aromatic N) is 4. The van der Waals surface area contributed by atoms with Gasteiger partial charge in [0.25, 0.3) is 0 Å². The molecule has 6 nitrogen and oxygen atoms in total. The standard InChI is InChI=1S/C14H18N4O2/c1-18(13-12(10-15)16-6-7-17-13)11-2-4-14(5-3-11)19-8-9-20-14/h6-7,11H,2-5,8-9H2,1H3. The van der Waals surface area contributed by atoms with Gasteiger partial charge in [-0.3, -0.25) is 0 Å². The zero-order chi connectivity index (χ0) is 14.0. The van der Waals surface area contributed by atoms with Crippen molar-refractivity contribution in [3.05, 3.63) is 18.1 Å². The molecular formula is C14H18N4O2. The molecule has 0 radical (unpaired) electrons. The van der Waals surface area contributed by atoms with Gasteiger partial charge in [0.1, 0.15) is 6.07 Å². The predicted molar refractivity (Wildman–Crippen MR) is 72.0 cm³/mol. The van der Waals surface area contributed by atoms with E-state index in [0.717, 1.165) is 25.7 Å². The minimum atomic E-state index is -0.349. The van der Waals surface area contributed by atoms with E-state index in [0.29, 0.717) is 30.8 Å². The van der Waals surface area contributed by atoms with Crippen molar-refractivity contribution < 1.29 is 9.47 Å². The molecule has 3 rings (SSSR count). The van der Waals surface area contributed by atoms with Crippen LogP contribution in [0, 0.1) is 11.3 Å². The van der Waals surface area contributed by atoms with E-state index in [1.165, 1.54) is 0 Å². The zero-order valence-electron chi connectivity index (χ0n) is 11.6. The van der Waals surface area contributed by atoms with Crippen molar-refractivity contribution in [2.75, 3.05) is 25.2 Å². The van der Waals surface area contributed by atoms with Crippen LogP contribution in [0.2, 0.25) is 0 Å². The highest BCUT2D eigenvalue weighted by Crippen LogP contribution is 2.37. The van der Waals surface area contributed by atoms with E-state index < -0.39 is 0 Å². The Hall–Kier alpha value is -1.71. The highest BCUT2D eigenvalue weighted by Gasteiger charge is 2.41. The van der Waals surface area contributed by atoms with E-state index in [1.54, 1.807) is 12.4 Å². The minimum Gasteiger partial charge on any atom is -0.354 e. The second-order valence-electron chi connectivity index (χ2n) is 5.29. The molecule has 2 fully saturated rings. The highest BCUT2D eigenvalue weighted by molar-refractivity contribution is 5.49. The smallest absolute Gasteiger partial charge is 0.183 e. The molecule has 2 aliphatic rings. The molecule has 1 spiro atoms. The van der Waals surface area contributed by atoms with Crippen LogP contribution in [0.4, 0.5) is 5.82 Å². The SMILES string of the molecule is CN(c1nccnc1C#N)C1CCC2(CC1)OCCO2. The van der Waals surface area contributed by atoms with Gasteiger partial charge >= 0.3 is 0 Å². The summed E-state index contributed by atoms with van der Waals surface area (Å²) in [6.07, 6.45) is 6.90. The summed E-state index contributed by atoms with van der Waals surface area (Å²) in [6.45, 7) is 1.40. The van der Waals surface area contributed by atoms with Gasteiger partial charge in [-0.15, -0.1) is 0 Å². The Morgan fingerprint density at radius 2 is 1.90 bits per heavy atom. The largest absolute Gasteiger partial charge is 0.354 e. The normalized spacial score (nSPS) is 21.8. The quantitative estimate of drug-likeness (QED) is 0.813. The Balaban J connectivity index is 1.70. The topological polar surface area (TPSA) is 71.3 Å². The molecule has 0 bridgehead atoms. The summed E-state index contributed by atoms with van der Waals surface area (Å²) in [7, 11) is 1.98. The number of hydrogen-bond acceptors (Lipinski definition) is 6. The van der Waals surface area contributed by atoms with Crippen LogP contribution in [0.1, 0.15) is 31.4 Å². The summed E-state index contributed by atoms with van der Waals surface area (Å²) < 4.78 is 11.5.